The summed E-state index contributed by atoms with van der Waals surface area (Å²) in [6, 6.07) is 5.98. The average molecular weight is 459 g/mol. The molecule has 1 aromatic rings. The zero-order valence-electron chi connectivity index (χ0n) is 15.0. The first kappa shape index (κ1) is 24.8. The molecule has 2 fully saturated rings. The van der Waals surface area contributed by atoms with Gasteiger partial charge in [-0.2, -0.15) is 0 Å². The minimum Gasteiger partial charge on any atom is -0.364 e. The molecule has 5 nitrogen and oxygen atoms in total. The Kier molecular flexibility index (Phi) is 10.7. The predicted octanol–water partition coefficient (Wildman–Crippen LogP) is 3.42. The Hall–Kier alpha value is -0.270. The molecule has 2 heterocycles. The summed E-state index contributed by atoms with van der Waals surface area (Å²) in [5.74, 6) is 0.0129. The Morgan fingerprint density at radius 3 is 2.44 bits per heavy atom. The summed E-state index contributed by atoms with van der Waals surface area (Å²) in [7, 11) is 0. The van der Waals surface area contributed by atoms with E-state index in [-0.39, 0.29) is 49.0 Å². The number of carbonyl (C=O) groups is 1. The average Bonchev–Trinajstić information content (AvgIpc) is 3.09. The second-order valence-electron chi connectivity index (χ2n) is 6.87. The van der Waals surface area contributed by atoms with Crippen LogP contribution in [0.1, 0.15) is 31.2 Å². The monoisotopic (exact) mass is 457 g/mol. The van der Waals surface area contributed by atoms with Crippen molar-refractivity contribution >= 4 is 53.9 Å². The van der Waals surface area contributed by atoms with Crippen molar-refractivity contribution in [1.29, 1.82) is 0 Å². The van der Waals surface area contributed by atoms with Gasteiger partial charge in [0.1, 0.15) is 6.10 Å². The lowest BCUT2D eigenvalue weighted by Gasteiger charge is -2.32. The van der Waals surface area contributed by atoms with E-state index in [9.17, 15) is 4.79 Å². The van der Waals surface area contributed by atoms with Gasteiger partial charge in [0.2, 0.25) is 5.91 Å². The third-order valence-electron chi connectivity index (χ3n) is 4.99. The summed E-state index contributed by atoms with van der Waals surface area (Å²) in [4.78, 5) is 14.7. The highest BCUT2D eigenvalue weighted by Crippen LogP contribution is 2.24. The van der Waals surface area contributed by atoms with Gasteiger partial charge in [-0.05, 0) is 43.4 Å². The molecule has 2 atom stereocenters. The van der Waals surface area contributed by atoms with Crippen molar-refractivity contribution in [3.05, 3.63) is 33.8 Å². The first-order valence-electron chi connectivity index (χ1n) is 8.87. The fourth-order valence-corrected chi connectivity index (χ4v) is 3.82. The summed E-state index contributed by atoms with van der Waals surface area (Å²) in [6.07, 6.45) is 3.23. The third-order valence-corrected chi connectivity index (χ3v) is 5.73. The van der Waals surface area contributed by atoms with E-state index in [1.54, 1.807) is 0 Å². The van der Waals surface area contributed by atoms with Crippen LogP contribution in [-0.2, 0) is 16.1 Å². The molecular formula is C18H27Cl4N3O2. The van der Waals surface area contributed by atoms with Crippen molar-refractivity contribution in [2.24, 2.45) is 5.73 Å². The van der Waals surface area contributed by atoms with Gasteiger partial charge < -0.3 is 15.8 Å². The van der Waals surface area contributed by atoms with Crippen LogP contribution < -0.4 is 11.1 Å². The van der Waals surface area contributed by atoms with Crippen LogP contribution in [0.2, 0.25) is 10.0 Å². The number of carbonyl (C=O) groups excluding carboxylic acids is 1. The molecule has 3 rings (SSSR count). The maximum atomic E-state index is 12.3. The van der Waals surface area contributed by atoms with E-state index in [2.05, 4.69) is 10.2 Å². The Bertz CT molecular complexity index is 612. The van der Waals surface area contributed by atoms with Gasteiger partial charge in [-0.3, -0.25) is 9.69 Å². The van der Waals surface area contributed by atoms with E-state index >= 15 is 0 Å². The number of nitrogens with two attached hydrogens (primary N) is 1. The maximum Gasteiger partial charge on any atom is 0.249 e. The SMILES string of the molecule is Cl.Cl.NC[C@H]1CC[C@@H](C(=O)NC2CCN(Cc3ccc(Cl)c(Cl)c3)CC2)O1. The van der Waals surface area contributed by atoms with E-state index in [1.807, 2.05) is 18.2 Å². The van der Waals surface area contributed by atoms with Gasteiger partial charge in [0, 0.05) is 32.2 Å². The van der Waals surface area contributed by atoms with Crippen molar-refractivity contribution in [2.45, 2.75) is 50.5 Å². The van der Waals surface area contributed by atoms with E-state index in [1.165, 1.54) is 0 Å². The molecule has 0 bridgehead atoms. The Labute approximate surface area is 183 Å². The molecule has 0 aliphatic carbocycles. The van der Waals surface area contributed by atoms with Crippen molar-refractivity contribution in [2.75, 3.05) is 19.6 Å². The van der Waals surface area contributed by atoms with Gasteiger partial charge in [-0.1, -0.05) is 29.3 Å². The quantitative estimate of drug-likeness (QED) is 0.709. The van der Waals surface area contributed by atoms with Gasteiger partial charge in [0.05, 0.1) is 16.1 Å². The Morgan fingerprint density at radius 1 is 1.15 bits per heavy atom. The minimum atomic E-state index is -0.331. The number of piperidine rings is 1. The van der Waals surface area contributed by atoms with Gasteiger partial charge in [-0.25, -0.2) is 0 Å². The van der Waals surface area contributed by atoms with Crippen LogP contribution in [-0.4, -0.2) is 48.7 Å². The van der Waals surface area contributed by atoms with Gasteiger partial charge in [0.15, 0.2) is 0 Å². The third kappa shape index (κ3) is 6.93. The highest BCUT2D eigenvalue weighted by molar-refractivity contribution is 6.42. The lowest BCUT2D eigenvalue weighted by atomic mass is 10.0. The zero-order chi connectivity index (χ0) is 17.8. The van der Waals surface area contributed by atoms with Crippen LogP contribution in [0.25, 0.3) is 0 Å². The maximum absolute atomic E-state index is 12.3. The first-order valence-corrected chi connectivity index (χ1v) is 9.63. The lowest BCUT2D eigenvalue weighted by molar-refractivity contribution is -0.132. The minimum absolute atomic E-state index is 0. The summed E-state index contributed by atoms with van der Waals surface area (Å²) in [6.45, 7) is 3.22. The van der Waals surface area contributed by atoms with Crippen LogP contribution >= 0.6 is 48.0 Å². The molecule has 2 aliphatic heterocycles. The zero-order valence-corrected chi connectivity index (χ0v) is 18.2. The van der Waals surface area contributed by atoms with Crippen LogP contribution in [0.4, 0.5) is 0 Å². The fourth-order valence-electron chi connectivity index (χ4n) is 3.50. The number of ether oxygens (including phenoxy) is 1. The number of halogens is 4. The Balaban J connectivity index is 0.00000182. The van der Waals surface area contributed by atoms with Crippen molar-refractivity contribution in [1.82, 2.24) is 10.2 Å². The van der Waals surface area contributed by atoms with Gasteiger partial charge >= 0.3 is 0 Å². The number of nitrogens with zero attached hydrogens (tertiary/aromatic N) is 1. The standard InChI is InChI=1S/C18H25Cl2N3O2.2ClH/c19-15-3-1-12(9-16(15)20)11-23-7-5-13(6-8-23)22-18(24)17-4-2-14(10-21)25-17;;/h1,3,9,13-14,17H,2,4-8,10-11,21H2,(H,22,24);2*1H/t14-,17+;;/m1../s1. The normalized spacial score (nSPS) is 23.4. The number of amides is 1. The predicted molar refractivity (Wildman–Crippen MR) is 114 cm³/mol. The molecule has 0 saturated carbocycles. The van der Waals surface area contributed by atoms with E-state index in [4.69, 9.17) is 33.7 Å². The van der Waals surface area contributed by atoms with Crippen LogP contribution in [0.15, 0.2) is 18.2 Å². The molecule has 1 aromatic carbocycles. The topological polar surface area (TPSA) is 67.6 Å². The van der Waals surface area contributed by atoms with Crippen LogP contribution in [0.5, 0.6) is 0 Å². The summed E-state index contributed by atoms with van der Waals surface area (Å²) in [5.41, 5.74) is 6.76. The number of likely N-dealkylation sites (tertiary alicyclic amines) is 1. The highest BCUT2D eigenvalue weighted by Gasteiger charge is 2.31. The molecule has 2 saturated heterocycles. The smallest absolute Gasteiger partial charge is 0.249 e. The molecule has 9 heteroatoms. The molecule has 0 unspecified atom stereocenters. The van der Waals surface area contributed by atoms with E-state index in [0.29, 0.717) is 16.6 Å². The van der Waals surface area contributed by atoms with Crippen LogP contribution in [0.3, 0.4) is 0 Å². The molecule has 3 N–H and O–H groups in total. The molecule has 27 heavy (non-hydrogen) atoms. The molecule has 1 amide bonds. The molecular weight excluding hydrogens is 432 g/mol. The fraction of sp³-hybridized carbons (Fsp3) is 0.611. The second-order valence-corrected chi connectivity index (χ2v) is 7.68. The number of nitrogens with one attached hydrogen (secondary N) is 1. The molecule has 2 aliphatic rings. The number of rotatable bonds is 5. The largest absolute Gasteiger partial charge is 0.364 e. The van der Waals surface area contributed by atoms with Crippen molar-refractivity contribution in [3.63, 3.8) is 0 Å². The summed E-state index contributed by atoms with van der Waals surface area (Å²) >= 11 is 12.0. The number of hydrogen-bond donors (Lipinski definition) is 2. The molecule has 0 aromatic heterocycles. The van der Waals surface area contributed by atoms with Crippen molar-refractivity contribution in [3.8, 4) is 0 Å². The molecule has 154 valence electrons. The van der Waals surface area contributed by atoms with E-state index in [0.717, 1.165) is 50.9 Å². The lowest BCUT2D eigenvalue weighted by Crippen LogP contribution is -2.47. The molecule has 0 spiro atoms. The highest BCUT2D eigenvalue weighted by atomic mass is 35.5. The number of benzene rings is 1. The Morgan fingerprint density at radius 2 is 1.85 bits per heavy atom. The van der Waals surface area contributed by atoms with Gasteiger partial charge in [-0.15, -0.1) is 24.8 Å². The summed E-state index contributed by atoms with van der Waals surface area (Å²) in [5, 5.41) is 4.31. The second kappa shape index (κ2) is 11.7. The van der Waals surface area contributed by atoms with Crippen molar-refractivity contribution < 1.29 is 9.53 Å². The number of hydrogen-bond acceptors (Lipinski definition) is 4. The van der Waals surface area contributed by atoms with Crippen LogP contribution in [0, 0.1) is 0 Å². The first-order chi connectivity index (χ1) is 12.0. The molecule has 0 radical (unpaired) electrons. The summed E-state index contributed by atoms with van der Waals surface area (Å²) < 4.78 is 5.66. The van der Waals surface area contributed by atoms with E-state index < -0.39 is 0 Å². The van der Waals surface area contributed by atoms with Gasteiger partial charge in [0.25, 0.3) is 0 Å².